The Morgan fingerprint density at radius 2 is 1.89 bits per heavy atom. The molecule has 0 aliphatic carbocycles. The molecule has 1 amide bonds. The summed E-state index contributed by atoms with van der Waals surface area (Å²) in [5.41, 5.74) is 1.69. The maximum Gasteiger partial charge on any atom is 0.226 e. The Kier molecular flexibility index (Phi) is 6.74. The minimum Gasteiger partial charge on any atom is -0.497 e. The quantitative estimate of drug-likeness (QED) is 0.547. The number of amides is 1. The van der Waals surface area contributed by atoms with E-state index < -0.39 is 0 Å². The summed E-state index contributed by atoms with van der Waals surface area (Å²) in [6.07, 6.45) is 0.364. The maximum absolute atomic E-state index is 12.4. The van der Waals surface area contributed by atoms with E-state index in [1.165, 1.54) is 4.88 Å². The third-order valence-corrected chi connectivity index (χ3v) is 5.31. The number of anilines is 2. The minimum absolute atomic E-state index is 0.0622. The molecule has 27 heavy (non-hydrogen) atoms. The van der Waals surface area contributed by atoms with Crippen molar-refractivity contribution in [1.82, 2.24) is 0 Å². The predicted octanol–water partition coefficient (Wildman–Crippen LogP) is 5.45. The second-order valence-corrected chi connectivity index (χ2v) is 7.42. The molecule has 2 aromatic carbocycles. The number of ether oxygens (including phenoxy) is 1. The minimum atomic E-state index is -0.0622. The van der Waals surface area contributed by atoms with Gasteiger partial charge in [0.15, 0.2) is 0 Å². The Labute approximate surface area is 168 Å². The molecular formula is C21H21ClN2O2S. The summed E-state index contributed by atoms with van der Waals surface area (Å²) in [5.74, 6) is 0.749. The van der Waals surface area contributed by atoms with Gasteiger partial charge < -0.3 is 15.0 Å². The number of halogens is 1. The van der Waals surface area contributed by atoms with E-state index in [1.54, 1.807) is 30.6 Å². The Morgan fingerprint density at radius 3 is 2.56 bits per heavy atom. The standard InChI is InChI=1S/C21H21ClN2O2S/c1-26-17-10-8-16(9-11-17)24(15-18-5-4-14-27-18)13-12-21(25)23-20-7-3-2-6-19(20)22/h2-11,14H,12-13,15H2,1H3,(H,23,25). The predicted molar refractivity (Wildman–Crippen MR) is 113 cm³/mol. The summed E-state index contributed by atoms with van der Waals surface area (Å²) in [6, 6.07) is 19.3. The Hall–Kier alpha value is -2.50. The third kappa shape index (κ3) is 5.49. The van der Waals surface area contributed by atoms with Crippen LogP contribution in [0.2, 0.25) is 5.02 Å². The van der Waals surface area contributed by atoms with Crippen LogP contribution in [0.3, 0.4) is 0 Å². The number of nitrogens with one attached hydrogen (secondary N) is 1. The molecule has 1 heterocycles. The van der Waals surface area contributed by atoms with Crippen molar-refractivity contribution in [1.29, 1.82) is 0 Å². The zero-order valence-corrected chi connectivity index (χ0v) is 16.6. The van der Waals surface area contributed by atoms with Gasteiger partial charge >= 0.3 is 0 Å². The van der Waals surface area contributed by atoms with Crippen molar-refractivity contribution in [2.45, 2.75) is 13.0 Å². The fraction of sp³-hybridized carbons (Fsp3) is 0.190. The lowest BCUT2D eigenvalue weighted by Gasteiger charge is -2.24. The molecular weight excluding hydrogens is 380 g/mol. The zero-order chi connectivity index (χ0) is 19.1. The number of thiophene rings is 1. The number of hydrogen-bond donors (Lipinski definition) is 1. The van der Waals surface area contributed by atoms with Gasteiger partial charge in [-0.3, -0.25) is 4.79 Å². The second kappa shape index (κ2) is 9.44. The molecule has 1 N–H and O–H groups in total. The molecule has 0 saturated heterocycles. The van der Waals surface area contributed by atoms with Crippen LogP contribution >= 0.6 is 22.9 Å². The van der Waals surface area contributed by atoms with Crippen LogP contribution in [0.15, 0.2) is 66.0 Å². The molecule has 0 fully saturated rings. The van der Waals surface area contributed by atoms with Gasteiger partial charge in [-0.25, -0.2) is 0 Å². The van der Waals surface area contributed by atoms with Gasteiger partial charge in [0.25, 0.3) is 0 Å². The van der Waals surface area contributed by atoms with Crippen LogP contribution in [0.4, 0.5) is 11.4 Å². The van der Waals surface area contributed by atoms with Crippen LogP contribution < -0.4 is 15.0 Å². The summed E-state index contributed by atoms with van der Waals surface area (Å²) in [5, 5.41) is 5.48. The molecule has 0 aliphatic rings. The highest BCUT2D eigenvalue weighted by atomic mass is 35.5. The van der Waals surface area contributed by atoms with Gasteiger partial charge in [-0.2, -0.15) is 0 Å². The highest BCUT2D eigenvalue weighted by Gasteiger charge is 2.12. The molecule has 1 aromatic heterocycles. The molecule has 0 radical (unpaired) electrons. The van der Waals surface area contributed by atoms with Crippen molar-refractivity contribution in [3.63, 3.8) is 0 Å². The van der Waals surface area contributed by atoms with E-state index in [0.29, 0.717) is 23.7 Å². The second-order valence-electron chi connectivity index (χ2n) is 5.98. The number of carbonyl (C=O) groups excluding carboxylic acids is 1. The van der Waals surface area contributed by atoms with Crippen molar-refractivity contribution in [3.05, 3.63) is 75.9 Å². The van der Waals surface area contributed by atoms with Crippen LogP contribution in [-0.4, -0.2) is 19.6 Å². The van der Waals surface area contributed by atoms with Gasteiger partial charge in [-0.1, -0.05) is 29.8 Å². The molecule has 140 valence electrons. The Morgan fingerprint density at radius 1 is 1.11 bits per heavy atom. The fourth-order valence-electron chi connectivity index (χ4n) is 2.69. The van der Waals surface area contributed by atoms with E-state index in [0.717, 1.165) is 18.0 Å². The smallest absolute Gasteiger partial charge is 0.226 e. The molecule has 6 heteroatoms. The van der Waals surface area contributed by atoms with E-state index in [2.05, 4.69) is 21.7 Å². The van der Waals surface area contributed by atoms with E-state index in [4.69, 9.17) is 16.3 Å². The zero-order valence-electron chi connectivity index (χ0n) is 15.0. The number of nitrogens with zero attached hydrogens (tertiary/aromatic N) is 1. The Balaban J connectivity index is 1.67. The van der Waals surface area contributed by atoms with Gasteiger partial charge in [0, 0.05) is 23.5 Å². The van der Waals surface area contributed by atoms with Gasteiger partial charge in [0.05, 0.1) is 24.4 Å². The summed E-state index contributed by atoms with van der Waals surface area (Å²) >= 11 is 7.82. The van der Waals surface area contributed by atoms with Gasteiger partial charge in [0.1, 0.15) is 5.75 Å². The van der Waals surface area contributed by atoms with Crippen molar-refractivity contribution in [2.75, 3.05) is 23.9 Å². The van der Waals surface area contributed by atoms with E-state index in [9.17, 15) is 4.79 Å². The van der Waals surface area contributed by atoms with Crippen molar-refractivity contribution in [2.24, 2.45) is 0 Å². The third-order valence-electron chi connectivity index (χ3n) is 4.12. The number of hydrogen-bond acceptors (Lipinski definition) is 4. The molecule has 0 unspecified atom stereocenters. The number of carbonyl (C=O) groups is 1. The van der Waals surface area contributed by atoms with Gasteiger partial charge in [0.2, 0.25) is 5.91 Å². The van der Waals surface area contributed by atoms with Crippen molar-refractivity contribution < 1.29 is 9.53 Å². The topological polar surface area (TPSA) is 41.6 Å². The number of para-hydroxylation sites is 1. The van der Waals surface area contributed by atoms with Crippen LogP contribution in [0.5, 0.6) is 5.75 Å². The lowest BCUT2D eigenvalue weighted by molar-refractivity contribution is -0.116. The Bertz CT molecular complexity index is 866. The molecule has 0 saturated carbocycles. The molecule has 3 rings (SSSR count). The van der Waals surface area contributed by atoms with E-state index in [1.807, 2.05) is 42.5 Å². The van der Waals surface area contributed by atoms with Gasteiger partial charge in [-0.05, 0) is 47.8 Å². The summed E-state index contributed by atoms with van der Waals surface area (Å²) in [4.78, 5) is 15.8. The maximum atomic E-state index is 12.4. The molecule has 4 nitrogen and oxygen atoms in total. The van der Waals surface area contributed by atoms with Gasteiger partial charge in [-0.15, -0.1) is 11.3 Å². The SMILES string of the molecule is COc1ccc(N(CCC(=O)Nc2ccccc2Cl)Cc2cccs2)cc1. The largest absolute Gasteiger partial charge is 0.497 e. The molecule has 0 atom stereocenters. The summed E-state index contributed by atoms with van der Waals surface area (Å²) in [6.45, 7) is 1.35. The molecule has 0 spiro atoms. The molecule has 3 aromatic rings. The first-order valence-electron chi connectivity index (χ1n) is 8.61. The lowest BCUT2D eigenvalue weighted by atomic mass is 10.2. The normalized spacial score (nSPS) is 10.4. The van der Waals surface area contributed by atoms with Crippen molar-refractivity contribution >= 4 is 40.2 Å². The first-order chi connectivity index (χ1) is 13.2. The summed E-state index contributed by atoms with van der Waals surface area (Å²) in [7, 11) is 1.65. The van der Waals surface area contributed by atoms with Crippen LogP contribution in [0.25, 0.3) is 0 Å². The van der Waals surface area contributed by atoms with Crippen molar-refractivity contribution in [3.8, 4) is 5.75 Å². The number of rotatable bonds is 8. The highest BCUT2D eigenvalue weighted by molar-refractivity contribution is 7.09. The van der Waals surface area contributed by atoms with Crippen LogP contribution in [-0.2, 0) is 11.3 Å². The molecule has 0 bridgehead atoms. The van der Waals surface area contributed by atoms with Crippen LogP contribution in [0, 0.1) is 0 Å². The highest BCUT2D eigenvalue weighted by Crippen LogP contribution is 2.24. The first-order valence-corrected chi connectivity index (χ1v) is 9.87. The number of methoxy groups -OCH3 is 1. The van der Waals surface area contributed by atoms with Crippen LogP contribution in [0.1, 0.15) is 11.3 Å². The lowest BCUT2D eigenvalue weighted by Crippen LogP contribution is -2.27. The summed E-state index contributed by atoms with van der Waals surface area (Å²) < 4.78 is 5.24. The average Bonchev–Trinajstić information content (AvgIpc) is 3.20. The molecule has 0 aliphatic heterocycles. The number of benzene rings is 2. The first kappa shape index (κ1) is 19.3. The fourth-order valence-corrected chi connectivity index (χ4v) is 3.60. The van der Waals surface area contributed by atoms with E-state index in [-0.39, 0.29) is 5.91 Å². The monoisotopic (exact) mass is 400 g/mol. The average molecular weight is 401 g/mol. The van der Waals surface area contributed by atoms with E-state index >= 15 is 0 Å².